The molecule has 0 fully saturated rings. The average molecular weight is 422 g/mol. The van der Waals surface area contributed by atoms with Gasteiger partial charge in [-0.1, -0.05) is 6.07 Å². The molecule has 0 aliphatic heterocycles. The Morgan fingerprint density at radius 2 is 1.90 bits per heavy atom. The van der Waals surface area contributed by atoms with Crippen LogP contribution in [0.3, 0.4) is 0 Å². The Labute approximate surface area is 179 Å². The van der Waals surface area contributed by atoms with E-state index in [0.29, 0.717) is 17.1 Å². The van der Waals surface area contributed by atoms with Gasteiger partial charge in [0.1, 0.15) is 5.75 Å². The fourth-order valence-electron chi connectivity index (χ4n) is 2.56. The van der Waals surface area contributed by atoms with Crippen molar-refractivity contribution in [1.82, 2.24) is 5.43 Å². The number of nitrogens with zero attached hydrogens (tertiary/aromatic N) is 1. The van der Waals surface area contributed by atoms with Crippen LogP contribution < -0.4 is 19.6 Å². The summed E-state index contributed by atoms with van der Waals surface area (Å²) < 4.78 is 21.0. The standard InChI is InChI=1S/C23H22N2O6/c1-15-6-8-18(11-16(15)2)30-14-22(26)25-24-13-17-7-9-19(21(12-17)28-3)31-23(27)20-5-4-10-29-20/h4-13H,14H2,1-3H3,(H,25,26)/b24-13+. The van der Waals surface area contributed by atoms with Crippen molar-refractivity contribution in [3.05, 3.63) is 77.2 Å². The van der Waals surface area contributed by atoms with Crippen molar-refractivity contribution in [1.29, 1.82) is 0 Å². The summed E-state index contributed by atoms with van der Waals surface area (Å²) in [6.07, 6.45) is 2.82. The minimum atomic E-state index is -0.638. The topological polar surface area (TPSA) is 99.4 Å². The lowest BCUT2D eigenvalue weighted by molar-refractivity contribution is -0.123. The van der Waals surface area contributed by atoms with E-state index in [1.54, 1.807) is 24.3 Å². The summed E-state index contributed by atoms with van der Waals surface area (Å²) in [5.41, 5.74) is 5.26. The minimum absolute atomic E-state index is 0.0819. The molecule has 1 aromatic heterocycles. The normalized spacial score (nSPS) is 10.7. The first kappa shape index (κ1) is 21.6. The van der Waals surface area contributed by atoms with Crippen LogP contribution in [0.2, 0.25) is 0 Å². The Balaban J connectivity index is 1.54. The first-order chi connectivity index (χ1) is 15.0. The number of aryl methyl sites for hydroxylation is 2. The minimum Gasteiger partial charge on any atom is -0.493 e. The molecule has 0 saturated heterocycles. The lowest BCUT2D eigenvalue weighted by Crippen LogP contribution is -2.24. The third-order valence-electron chi connectivity index (χ3n) is 4.36. The van der Waals surface area contributed by atoms with Gasteiger partial charge in [0.25, 0.3) is 5.91 Å². The Morgan fingerprint density at radius 1 is 1.06 bits per heavy atom. The van der Waals surface area contributed by atoms with Crippen LogP contribution in [0.4, 0.5) is 0 Å². The van der Waals surface area contributed by atoms with Crippen LogP contribution in [0.25, 0.3) is 0 Å². The first-order valence-electron chi connectivity index (χ1n) is 9.42. The highest BCUT2D eigenvalue weighted by Crippen LogP contribution is 2.28. The number of methoxy groups -OCH3 is 1. The molecule has 1 heterocycles. The number of rotatable bonds is 8. The molecule has 160 valence electrons. The highest BCUT2D eigenvalue weighted by atomic mass is 16.6. The Morgan fingerprint density at radius 3 is 2.61 bits per heavy atom. The Bertz CT molecular complexity index is 1090. The van der Waals surface area contributed by atoms with Gasteiger partial charge in [0.2, 0.25) is 5.76 Å². The van der Waals surface area contributed by atoms with E-state index in [0.717, 1.165) is 11.1 Å². The second kappa shape index (κ2) is 10.1. The van der Waals surface area contributed by atoms with Gasteiger partial charge in [-0.05, 0) is 73.0 Å². The van der Waals surface area contributed by atoms with E-state index in [1.807, 2.05) is 32.0 Å². The zero-order valence-electron chi connectivity index (χ0n) is 17.4. The highest BCUT2D eigenvalue weighted by molar-refractivity contribution is 5.89. The van der Waals surface area contributed by atoms with Crippen LogP contribution in [0.5, 0.6) is 17.2 Å². The van der Waals surface area contributed by atoms with Crippen LogP contribution in [-0.2, 0) is 4.79 Å². The predicted molar refractivity (Wildman–Crippen MR) is 114 cm³/mol. The molecule has 0 saturated carbocycles. The smallest absolute Gasteiger partial charge is 0.379 e. The number of amides is 1. The quantitative estimate of drug-likeness (QED) is 0.257. The van der Waals surface area contributed by atoms with E-state index < -0.39 is 11.9 Å². The van der Waals surface area contributed by atoms with Crippen molar-refractivity contribution in [2.75, 3.05) is 13.7 Å². The molecule has 8 heteroatoms. The van der Waals surface area contributed by atoms with Gasteiger partial charge >= 0.3 is 5.97 Å². The predicted octanol–water partition coefficient (Wildman–Crippen LogP) is 3.65. The molecule has 31 heavy (non-hydrogen) atoms. The van der Waals surface area contributed by atoms with Gasteiger partial charge in [0, 0.05) is 0 Å². The van der Waals surface area contributed by atoms with Gasteiger partial charge in [0.15, 0.2) is 18.1 Å². The van der Waals surface area contributed by atoms with Gasteiger partial charge in [-0.25, -0.2) is 10.2 Å². The van der Waals surface area contributed by atoms with Crippen LogP contribution >= 0.6 is 0 Å². The SMILES string of the molecule is COc1cc(/C=N/NC(=O)COc2ccc(C)c(C)c2)ccc1OC(=O)c1ccco1. The molecule has 3 rings (SSSR count). The summed E-state index contributed by atoms with van der Waals surface area (Å²) in [4.78, 5) is 23.9. The van der Waals surface area contributed by atoms with Crippen LogP contribution in [0.1, 0.15) is 27.2 Å². The fourth-order valence-corrected chi connectivity index (χ4v) is 2.56. The van der Waals surface area contributed by atoms with Gasteiger partial charge in [-0.2, -0.15) is 5.10 Å². The number of hydrazone groups is 1. The molecule has 0 unspecified atom stereocenters. The molecule has 3 aromatic rings. The number of hydrogen-bond donors (Lipinski definition) is 1. The largest absolute Gasteiger partial charge is 0.493 e. The number of carbonyl (C=O) groups is 2. The average Bonchev–Trinajstić information content (AvgIpc) is 3.30. The summed E-state index contributed by atoms with van der Waals surface area (Å²) in [5.74, 6) is 0.219. The molecular weight excluding hydrogens is 400 g/mol. The Kier molecular flexibility index (Phi) is 7.05. The zero-order chi connectivity index (χ0) is 22.2. The number of ether oxygens (including phenoxy) is 3. The van der Waals surface area contributed by atoms with Gasteiger partial charge in [-0.15, -0.1) is 0 Å². The third-order valence-corrected chi connectivity index (χ3v) is 4.36. The van der Waals surface area contributed by atoms with Crippen molar-refractivity contribution < 1.29 is 28.2 Å². The molecule has 1 amide bonds. The molecule has 8 nitrogen and oxygen atoms in total. The second-order valence-electron chi connectivity index (χ2n) is 6.61. The molecule has 1 N–H and O–H groups in total. The van der Waals surface area contributed by atoms with Crippen molar-refractivity contribution >= 4 is 18.1 Å². The maximum atomic E-state index is 12.0. The number of benzene rings is 2. The van der Waals surface area contributed by atoms with Crippen molar-refractivity contribution in [3.8, 4) is 17.2 Å². The third kappa shape index (κ3) is 5.96. The van der Waals surface area contributed by atoms with E-state index in [-0.39, 0.29) is 18.1 Å². The Hall–Kier alpha value is -4.07. The zero-order valence-corrected chi connectivity index (χ0v) is 17.4. The monoisotopic (exact) mass is 422 g/mol. The van der Waals surface area contributed by atoms with E-state index in [9.17, 15) is 9.59 Å². The lowest BCUT2D eigenvalue weighted by Gasteiger charge is -2.09. The fraction of sp³-hybridized carbons (Fsp3) is 0.174. The number of hydrogen-bond acceptors (Lipinski definition) is 7. The molecular formula is C23H22N2O6. The number of nitrogens with one attached hydrogen (secondary N) is 1. The van der Waals surface area contributed by atoms with E-state index in [2.05, 4.69) is 10.5 Å². The van der Waals surface area contributed by atoms with E-state index in [1.165, 1.54) is 25.7 Å². The summed E-state index contributed by atoms with van der Waals surface area (Å²) in [5, 5.41) is 3.91. The molecule has 0 radical (unpaired) electrons. The summed E-state index contributed by atoms with van der Waals surface area (Å²) in [7, 11) is 1.45. The molecule has 0 bridgehead atoms. The van der Waals surface area contributed by atoms with Gasteiger partial charge in [-0.3, -0.25) is 4.79 Å². The van der Waals surface area contributed by atoms with Crippen molar-refractivity contribution in [3.63, 3.8) is 0 Å². The second-order valence-corrected chi connectivity index (χ2v) is 6.61. The first-order valence-corrected chi connectivity index (χ1v) is 9.42. The summed E-state index contributed by atoms with van der Waals surface area (Å²) in [6.45, 7) is 3.82. The van der Waals surface area contributed by atoms with Gasteiger partial charge < -0.3 is 18.6 Å². The van der Waals surface area contributed by atoms with E-state index >= 15 is 0 Å². The molecule has 0 aliphatic rings. The van der Waals surface area contributed by atoms with Crippen molar-refractivity contribution in [2.24, 2.45) is 5.10 Å². The van der Waals surface area contributed by atoms with E-state index in [4.69, 9.17) is 18.6 Å². The summed E-state index contributed by atoms with van der Waals surface area (Å²) in [6, 6.07) is 13.6. The molecule has 0 atom stereocenters. The van der Waals surface area contributed by atoms with Crippen LogP contribution in [0.15, 0.2) is 64.3 Å². The van der Waals surface area contributed by atoms with Crippen LogP contribution in [0, 0.1) is 13.8 Å². The highest BCUT2D eigenvalue weighted by Gasteiger charge is 2.14. The molecule has 0 aliphatic carbocycles. The maximum absolute atomic E-state index is 12.0. The van der Waals surface area contributed by atoms with Gasteiger partial charge in [0.05, 0.1) is 19.6 Å². The number of carbonyl (C=O) groups excluding carboxylic acids is 2. The summed E-state index contributed by atoms with van der Waals surface area (Å²) >= 11 is 0. The van der Waals surface area contributed by atoms with Crippen LogP contribution in [-0.4, -0.2) is 31.8 Å². The molecule has 0 spiro atoms. The van der Waals surface area contributed by atoms with Crippen molar-refractivity contribution in [2.45, 2.75) is 13.8 Å². The maximum Gasteiger partial charge on any atom is 0.379 e. The number of furan rings is 1. The number of esters is 1. The lowest BCUT2D eigenvalue weighted by atomic mass is 10.1. The molecule has 2 aromatic carbocycles.